The van der Waals surface area contributed by atoms with Crippen LogP contribution in [-0.2, 0) is 16.4 Å². The Hall–Kier alpha value is -2.18. The van der Waals surface area contributed by atoms with Crippen molar-refractivity contribution in [1.29, 1.82) is 0 Å². The number of rotatable bonds is 4. The summed E-state index contributed by atoms with van der Waals surface area (Å²) in [5, 5.41) is 0.754. The molecule has 3 aromatic rings. The van der Waals surface area contributed by atoms with E-state index in [1.807, 2.05) is 26.2 Å². The van der Waals surface area contributed by atoms with E-state index in [-0.39, 0.29) is 0 Å². The van der Waals surface area contributed by atoms with Gasteiger partial charge in [-0.25, -0.2) is 16.8 Å². The highest BCUT2D eigenvalue weighted by Gasteiger charge is 2.31. The summed E-state index contributed by atoms with van der Waals surface area (Å²) >= 11 is 0. The molecule has 0 fully saturated rings. The molecule has 0 unspecified atom stereocenters. The molecule has 0 N–H and O–H groups in total. The Labute approximate surface area is 146 Å². The minimum atomic E-state index is -3.71. The van der Waals surface area contributed by atoms with Gasteiger partial charge in [-0.05, 0) is 63.3 Å². The number of fused-ring (bicyclic) bond motifs is 7. The molecule has 0 amide bonds. The van der Waals surface area contributed by atoms with E-state index in [9.17, 15) is 12.8 Å². The number of hydrogen-bond donors (Lipinski definition) is 0. The molecule has 1 aliphatic heterocycles. The van der Waals surface area contributed by atoms with Gasteiger partial charge in [-0.2, -0.15) is 0 Å². The van der Waals surface area contributed by atoms with Crippen LogP contribution in [0.15, 0.2) is 47.5 Å². The zero-order chi connectivity index (χ0) is 17.8. The molecule has 130 valence electrons. The van der Waals surface area contributed by atoms with Gasteiger partial charge < -0.3 is 4.90 Å². The van der Waals surface area contributed by atoms with Crippen LogP contribution in [0.2, 0.25) is 0 Å². The third-order valence-electron chi connectivity index (χ3n) is 4.68. The summed E-state index contributed by atoms with van der Waals surface area (Å²) in [7, 11) is 0.333. The molecular formula is C19H19FN2O2S. The Kier molecular flexibility index (Phi) is 3.70. The van der Waals surface area contributed by atoms with Gasteiger partial charge in [0.1, 0.15) is 5.82 Å². The summed E-state index contributed by atoms with van der Waals surface area (Å²) in [5.41, 5.74) is 2.92. The van der Waals surface area contributed by atoms with Crippen LogP contribution in [0.4, 0.5) is 4.39 Å². The lowest BCUT2D eigenvalue weighted by atomic mass is 10.0. The number of hydrogen-bond acceptors (Lipinski definition) is 3. The average molecular weight is 358 g/mol. The second-order valence-electron chi connectivity index (χ2n) is 6.74. The summed E-state index contributed by atoms with van der Waals surface area (Å²) in [5.74, 6) is -0.441. The van der Waals surface area contributed by atoms with E-state index in [2.05, 4.69) is 4.90 Å². The fourth-order valence-electron chi connectivity index (χ4n) is 3.45. The predicted molar refractivity (Wildman–Crippen MR) is 96.8 cm³/mol. The van der Waals surface area contributed by atoms with Gasteiger partial charge >= 0.3 is 0 Å². The van der Waals surface area contributed by atoms with Crippen LogP contribution >= 0.6 is 0 Å². The van der Waals surface area contributed by atoms with Gasteiger partial charge in [0.05, 0.1) is 10.4 Å². The molecular weight excluding hydrogens is 339 g/mol. The van der Waals surface area contributed by atoms with Crippen LogP contribution in [0.3, 0.4) is 0 Å². The molecule has 2 heterocycles. The van der Waals surface area contributed by atoms with Gasteiger partial charge in [-0.15, -0.1) is 0 Å². The normalized spacial score (nSPS) is 14.9. The monoisotopic (exact) mass is 358 g/mol. The predicted octanol–water partition coefficient (Wildman–Crippen LogP) is 3.49. The molecule has 0 spiro atoms. The van der Waals surface area contributed by atoms with E-state index in [1.165, 1.54) is 16.1 Å². The minimum absolute atomic E-state index is 0.309. The number of aromatic nitrogens is 1. The van der Waals surface area contributed by atoms with Gasteiger partial charge in [0.25, 0.3) is 10.0 Å². The van der Waals surface area contributed by atoms with Crippen molar-refractivity contribution >= 4 is 20.9 Å². The molecule has 4 rings (SSSR count). The first kappa shape index (κ1) is 16.3. The van der Waals surface area contributed by atoms with Crippen molar-refractivity contribution in [3.8, 4) is 11.1 Å². The fourth-order valence-corrected chi connectivity index (χ4v) is 5.07. The smallest absolute Gasteiger partial charge is 0.268 e. The van der Waals surface area contributed by atoms with Crippen molar-refractivity contribution in [1.82, 2.24) is 8.87 Å². The minimum Gasteiger partial charge on any atom is -0.309 e. The van der Waals surface area contributed by atoms with Crippen LogP contribution in [-0.4, -0.2) is 37.9 Å². The molecule has 2 aromatic carbocycles. The highest BCUT2D eigenvalue weighted by molar-refractivity contribution is 7.90. The first-order chi connectivity index (χ1) is 11.9. The second-order valence-corrected chi connectivity index (χ2v) is 8.53. The molecule has 6 heteroatoms. The summed E-state index contributed by atoms with van der Waals surface area (Å²) in [6.45, 7) is 0.950. The van der Waals surface area contributed by atoms with Crippen molar-refractivity contribution in [3.05, 3.63) is 54.0 Å². The maximum atomic E-state index is 13.6. The Morgan fingerprint density at radius 2 is 1.88 bits per heavy atom. The molecule has 25 heavy (non-hydrogen) atoms. The van der Waals surface area contributed by atoms with Crippen LogP contribution in [0, 0.1) is 5.82 Å². The van der Waals surface area contributed by atoms with Crippen LogP contribution in [0.25, 0.3) is 22.0 Å². The third-order valence-corrected chi connectivity index (χ3v) is 6.39. The molecule has 1 aliphatic rings. The molecule has 1 aromatic heterocycles. The van der Waals surface area contributed by atoms with Gasteiger partial charge in [0, 0.05) is 22.7 Å². The molecule has 0 saturated heterocycles. The zero-order valence-corrected chi connectivity index (χ0v) is 15.0. The number of halogens is 1. The largest absolute Gasteiger partial charge is 0.309 e. The maximum Gasteiger partial charge on any atom is 0.268 e. The zero-order valence-electron chi connectivity index (χ0n) is 14.2. The van der Waals surface area contributed by atoms with E-state index in [0.717, 1.165) is 35.9 Å². The van der Waals surface area contributed by atoms with Gasteiger partial charge in [-0.3, -0.25) is 0 Å². The van der Waals surface area contributed by atoms with Crippen molar-refractivity contribution in [2.75, 3.05) is 20.6 Å². The van der Waals surface area contributed by atoms with E-state index >= 15 is 0 Å². The van der Waals surface area contributed by atoms with E-state index < -0.39 is 15.8 Å². The van der Waals surface area contributed by atoms with Crippen molar-refractivity contribution < 1.29 is 12.8 Å². The van der Waals surface area contributed by atoms with Crippen molar-refractivity contribution in [2.45, 2.75) is 17.7 Å². The first-order valence-corrected chi connectivity index (χ1v) is 9.66. The van der Waals surface area contributed by atoms with Crippen molar-refractivity contribution in [3.63, 3.8) is 0 Å². The Morgan fingerprint density at radius 1 is 1.08 bits per heavy atom. The van der Waals surface area contributed by atoms with E-state index in [0.29, 0.717) is 16.0 Å². The maximum absolute atomic E-state index is 13.6. The van der Waals surface area contributed by atoms with Crippen LogP contribution < -0.4 is 0 Å². The highest BCUT2D eigenvalue weighted by atomic mass is 32.2. The SMILES string of the molecule is CN(C)CCCc1ccc2c(c1)S(=O)(=O)n1cc-2c2ccc(F)cc21. The quantitative estimate of drug-likeness (QED) is 0.561. The lowest BCUT2D eigenvalue weighted by molar-refractivity contribution is 0.400. The summed E-state index contributed by atoms with van der Waals surface area (Å²) in [6.07, 6.45) is 3.37. The Bertz CT molecular complexity index is 1080. The molecule has 0 radical (unpaired) electrons. The second kappa shape index (κ2) is 5.68. The topological polar surface area (TPSA) is 42.3 Å². The van der Waals surface area contributed by atoms with Gasteiger partial charge in [0.2, 0.25) is 0 Å². The Balaban J connectivity index is 1.84. The van der Waals surface area contributed by atoms with E-state index in [4.69, 9.17) is 0 Å². The fraction of sp³-hybridized carbons (Fsp3) is 0.263. The van der Waals surface area contributed by atoms with Gasteiger partial charge in [-0.1, -0.05) is 12.1 Å². The summed E-state index contributed by atoms with van der Waals surface area (Å²) in [4.78, 5) is 2.42. The lowest BCUT2D eigenvalue weighted by Gasteiger charge is -2.16. The highest BCUT2D eigenvalue weighted by Crippen LogP contribution is 2.41. The Morgan fingerprint density at radius 3 is 2.64 bits per heavy atom. The lowest BCUT2D eigenvalue weighted by Crippen LogP contribution is -2.16. The molecule has 2 bridgehead atoms. The first-order valence-electron chi connectivity index (χ1n) is 8.22. The van der Waals surface area contributed by atoms with Crippen LogP contribution in [0.1, 0.15) is 12.0 Å². The third kappa shape index (κ3) is 2.56. The van der Waals surface area contributed by atoms with E-state index in [1.54, 1.807) is 18.3 Å². The summed E-state index contributed by atoms with van der Waals surface area (Å²) < 4.78 is 40.9. The molecule has 0 saturated carbocycles. The molecule has 4 nitrogen and oxygen atoms in total. The number of benzene rings is 2. The number of aryl methyl sites for hydroxylation is 1. The number of nitrogens with zero attached hydrogens (tertiary/aromatic N) is 2. The molecule has 0 atom stereocenters. The standard InChI is InChI=1S/C19H19FN2O2S/c1-21(2)9-3-4-13-5-7-16-17-12-22(25(23,24)19(16)10-13)18-11-14(20)6-8-15(17)18/h5-8,10-12H,3-4,9H2,1-2H3. The van der Waals surface area contributed by atoms with Crippen molar-refractivity contribution in [2.24, 2.45) is 0 Å². The van der Waals surface area contributed by atoms with Crippen LogP contribution in [0.5, 0.6) is 0 Å². The summed E-state index contributed by atoms with van der Waals surface area (Å²) in [6, 6.07) is 9.92. The van der Waals surface area contributed by atoms with Gasteiger partial charge in [0.15, 0.2) is 0 Å². The average Bonchev–Trinajstić information content (AvgIpc) is 2.90. The molecule has 0 aliphatic carbocycles.